The summed E-state index contributed by atoms with van der Waals surface area (Å²) in [4.78, 5) is 8.77. The SMILES string of the molecule is O=C(O)c1cccc(S(=O)(=O)N2CCC(NS(=O)(=O)c3cc(S(=O)(=O)c4ccccc4)ccc3C(F)(F)F)CC2)c1. The molecule has 4 rings (SSSR count). The van der Waals surface area contributed by atoms with Crippen molar-refractivity contribution in [1.29, 1.82) is 0 Å². The average Bonchev–Trinajstić information content (AvgIpc) is 2.93. The lowest BCUT2D eigenvalue weighted by Crippen LogP contribution is -2.46. The number of piperidine rings is 1. The molecule has 1 fully saturated rings. The quantitative estimate of drug-likeness (QED) is 0.383. The first kappa shape index (κ1) is 30.6. The summed E-state index contributed by atoms with van der Waals surface area (Å²) in [6.07, 6.45) is -5.35. The Kier molecular flexibility index (Phi) is 8.35. The number of benzene rings is 3. The fraction of sp³-hybridized carbons (Fsp3) is 0.240. The lowest BCUT2D eigenvalue weighted by Gasteiger charge is -2.31. The molecule has 0 aromatic heterocycles. The minimum Gasteiger partial charge on any atom is -0.478 e. The van der Waals surface area contributed by atoms with Gasteiger partial charge in [0, 0.05) is 19.1 Å². The monoisotopic (exact) mass is 632 g/mol. The predicted molar refractivity (Wildman–Crippen MR) is 139 cm³/mol. The molecule has 10 nitrogen and oxygen atoms in total. The van der Waals surface area contributed by atoms with Gasteiger partial charge in [-0.2, -0.15) is 17.5 Å². The molecule has 1 aliphatic rings. The Hall–Kier alpha value is -3.31. The van der Waals surface area contributed by atoms with Crippen molar-refractivity contribution in [3.8, 4) is 0 Å². The average molecular weight is 633 g/mol. The van der Waals surface area contributed by atoms with E-state index in [1.54, 1.807) is 0 Å². The number of hydrogen-bond donors (Lipinski definition) is 2. The normalized spacial score (nSPS) is 16.0. The van der Waals surface area contributed by atoms with Gasteiger partial charge in [-0.1, -0.05) is 24.3 Å². The standard InChI is InChI=1S/C25H23F3N2O8S3/c26-25(27,28)22-10-9-20(39(33,34)19-6-2-1-3-7-19)16-23(22)40(35,36)29-18-11-13-30(14-12-18)41(37,38)21-8-4-5-17(15-21)24(31)32/h1-10,15-16,18,29H,11-14H2,(H,31,32). The Bertz CT molecular complexity index is 1790. The lowest BCUT2D eigenvalue weighted by atomic mass is 10.1. The highest BCUT2D eigenvalue weighted by molar-refractivity contribution is 7.91. The zero-order valence-corrected chi connectivity index (χ0v) is 23.4. The van der Waals surface area contributed by atoms with Crippen LogP contribution in [0.25, 0.3) is 0 Å². The molecule has 3 aromatic carbocycles. The summed E-state index contributed by atoms with van der Waals surface area (Å²) >= 11 is 0. The van der Waals surface area contributed by atoms with E-state index in [-0.39, 0.29) is 41.3 Å². The van der Waals surface area contributed by atoms with Gasteiger partial charge in [0.05, 0.1) is 30.7 Å². The molecule has 0 saturated carbocycles. The highest BCUT2D eigenvalue weighted by atomic mass is 32.2. The first-order valence-electron chi connectivity index (χ1n) is 11.9. The van der Waals surface area contributed by atoms with Crippen LogP contribution in [0.5, 0.6) is 0 Å². The maximum Gasteiger partial charge on any atom is 0.417 e. The Balaban J connectivity index is 1.58. The fourth-order valence-electron chi connectivity index (χ4n) is 4.30. The lowest BCUT2D eigenvalue weighted by molar-refractivity contribution is -0.140. The minimum absolute atomic E-state index is 0.111. The number of carbonyl (C=O) groups is 1. The minimum atomic E-state index is -5.12. The second-order valence-electron chi connectivity index (χ2n) is 9.10. The summed E-state index contributed by atoms with van der Waals surface area (Å²) in [6.45, 7) is -0.414. The van der Waals surface area contributed by atoms with Crippen LogP contribution < -0.4 is 4.72 Å². The molecule has 1 heterocycles. The number of hydrogen-bond acceptors (Lipinski definition) is 7. The van der Waals surface area contributed by atoms with Crippen molar-refractivity contribution < 1.29 is 48.3 Å². The zero-order valence-electron chi connectivity index (χ0n) is 20.9. The molecule has 1 aliphatic heterocycles. The van der Waals surface area contributed by atoms with Crippen LogP contribution in [0, 0.1) is 0 Å². The molecule has 0 spiro atoms. The number of rotatable bonds is 8. The molecule has 0 bridgehead atoms. The number of halogens is 3. The van der Waals surface area contributed by atoms with Crippen molar-refractivity contribution >= 4 is 35.9 Å². The first-order chi connectivity index (χ1) is 19.0. The molecule has 16 heteroatoms. The van der Waals surface area contributed by atoms with E-state index in [4.69, 9.17) is 5.11 Å². The van der Waals surface area contributed by atoms with Gasteiger partial charge in [-0.25, -0.2) is 34.8 Å². The van der Waals surface area contributed by atoms with Gasteiger partial charge in [-0.15, -0.1) is 0 Å². The number of sulfone groups is 1. The predicted octanol–water partition coefficient (Wildman–Crippen LogP) is 3.37. The third-order valence-corrected chi connectivity index (χ3v) is 11.6. The number of sulfonamides is 2. The van der Waals surface area contributed by atoms with Crippen LogP contribution in [0.1, 0.15) is 28.8 Å². The smallest absolute Gasteiger partial charge is 0.417 e. The number of alkyl halides is 3. The summed E-state index contributed by atoms with van der Waals surface area (Å²) in [5.74, 6) is -1.32. The summed E-state index contributed by atoms with van der Waals surface area (Å²) in [7, 11) is -13.4. The number of carboxylic acids is 1. The van der Waals surface area contributed by atoms with E-state index in [9.17, 15) is 43.2 Å². The molecule has 0 aliphatic carbocycles. The van der Waals surface area contributed by atoms with Gasteiger partial charge in [0.25, 0.3) is 0 Å². The molecule has 0 unspecified atom stereocenters. The molecular weight excluding hydrogens is 609 g/mol. The van der Waals surface area contributed by atoms with Crippen molar-refractivity contribution in [2.75, 3.05) is 13.1 Å². The van der Waals surface area contributed by atoms with Gasteiger partial charge in [0.15, 0.2) is 0 Å². The third-order valence-electron chi connectivity index (χ3n) is 6.41. The van der Waals surface area contributed by atoms with Gasteiger partial charge in [-0.3, -0.25) is 0 Å². The number of aromatic carboxylic acids is 1. The van der Waals surface area contributed by atoms with E-state index >= 15 is 0 Å². The Morgan fingerprint density at radius 2 is 1.41 bits per heavy atom. The molecule has 0 radical (unpaired) electrons. The number of nitrogens with zero attached hydrogens (tertiary/aromatic N) is 1. The molecule has 1 saturated heterocycles. The Morgan fingerprint density at radius 1 is 0.805 bits per heavy atom. The van der Waals surface area contributed by atoms with E-state index in [1.165, 1.54) is 48.5 Å². The molecular formula is C25H23F3N2O8S3. The van der Waals surface area contributed by atoms with E-state index in [1.807, 2.05) is 0 Å². The highest BCUT2D eigenvalue weighted by Crippen LogP contribution is 2.36. The molecule has 220 valence electrons. The van der Waals surface area contributed by atoms with E-state index in [0.717, 1.165) is 10.4 Å². The third kappa shape index (κ3) is 6.46. The van der Waals surface area contributed by atoms with Crippen molar-refractivity contribution in [1.82, 2.24) is 9.03 Å². The number of nitrogens with one attached hydrogen (secondary N) is 1. The topological polar surface area (TPSA) is 155 Å². The maximum atomic E-state index is 13.8. The summed E-state index contributed by atoms with van der Waals surface area (Å²) in [5, 5.41) is 9.13. The van der Waals surface area contributed by atoms with Gasteiger partial charge < -0.3 is 5.11 Å². The second-order valence-corrected chi connectivity index (χ2v) is 14.7. The Labute approximate surface area is 234 Å². The first-order valence-corrected chi connectivity index (χ1v) is 16.3. The van der Waals surface area contributed by atoms with Gasteiger partial charge in [-0.05, 0) is 61.4 Å². The molecule has 0 amide bonds. The number of carboxylic acid groups (broad SMARTS) is 1. The van der Waals surface area contributed by atoms with E-state index < -0.39 is 63.4 Å². The summed E-state index contributed by atoms with van der Waals surface area (Å²) in [6, 6.07) is 12.1. The van der Waals surface area contributed by atoms with Gasteiger partial charge in [0.2, 0.25) is 29.9 Å². The van der Waals surface area contributed by atoms with E-state index in [2.05, 4.69) is 4.72 Å². The second kappa shape index (κ2) is 11.2. The largest absolute Gasteiger partial charge is 0.478 e. The van der Waals surface area contributed by atoms with Crippen LogP contribution in [0.3, 0.4) is 0 Å². The van der Waals surface area contributed by atoms with Crippen LogP contribution >= 0.6 is 0 Å². The molecule has 0 atom stereocenters. The molecule has 3 aromatic rings. The van der Waals surface area contributed by atoms with Crippen molar-refractivity contribution in [3.05, 3.63) is 83.9 Å². The highest BCUT2D eigenvalue weighted by Gasteiger charge is 2.39. The van der Waals surface area contributed by atoms with Crippen LogP contribution in [0.15, 0.2) is 92.4 Å². The van der Waals surface area contributed by atoms with Gasteiger partial charge in [0.1, 0.15) is 0 Å². The van der Waals surface area contributed by atoms with Gasteiger partial charge >= 0.3 is 12.1 Å². The van der Waals surface area contributed by atoms with Crippen LogP contribution in [0.2, 0.25) is 0 Å². The van der Waals surface area contributed by atoms with Crippen molar-refractivity contribution in [2.45, 2.75) is 44.6 Å². The van der Waals surface area contributed by atoms with E-state index in [0.29, 0.717) is 18.2 Å². The maximum absolute atomic E-state index is 13.8. The summed E-state index contributed by atoms with van der Waals surface area (Å²) in [5.41, 5.74) is -1.80. The van der Waals surface area contributed by atoms with Crippen LogP contribution in [-0.2, 0) is 36.1 Å². The summed E-state index contributed by atoms with van der Waals surface area (Å²) < 4.78 is 123. The van der Waals surface area contributed by atoms with Crippen molar-refractivity contribution in [2.24, 2.45) is 0 Å². The molecule has 41 heavy (non-hydrogen) atoms. The van der Waals surface area contributed by atoms with Crippen LogP contribution in [0.4, 0.5) is 13.2 Å². The zero-order chi connectivity index (χ0) is 30.2. The fourth-order valence-corrected chi connectivity index (χ4v) is 8.75. The Morgan fingerprint density at radius 3 is 2.00 bits per heavy atom. The molecule has 2 N–H and O–H groups in total. The van der Waals surface area contributed by atoms with Crippen LogP contribution in [-0.4, -0.2) is 59.8 Å². The van der Waals surface area contributed by atoms with Crippen molar-refractivity contribution in [3.63, 3.8) is 0 Å².